The van der Waals surface area contributed by atoms with Gasteiger partial charge in [0.05, 0.1) is 11.8 Å². The zero-order valence-electron chi connectivity index (χ0n) is 16.9. The van der Waals surface area contributed by atoms with E-state index in [1.165, 1.54) is 0 Å². The molecule has 0 spiro atoms. The van der Waals surface area contributed by atoms with Crippen LogP contribution in [-0.2, 0) is 6.18 Å². The number of hydrogen-bond acceptors (Lipinski definition) is 5. The molecule has 6 nitrogen and oxygen atoms in total. The number of nitrogens with one attached hydrogen (secondary N) is 1. The molecule has 2 heterocycles. The van der Waals surface area contributed by atoms with Gasteiger partial charge < -0.3 is 10.2 Å². The highest BCUT2D eigenvalue weighted by Crippen LogP contribution is 2.34. The normalized spacial score (nSPS) is 19.9. The monoisotopic (exact) mass is 440 g/mol. The van der Waals surface area contributed by atoms with Crippen molar-refractivity contribution in [1.29, 1.82) is 0 Å². The van der Waals surface area contributed by atoms with E-state index >= 15 is 0 Å². The largest absolute Gasteiger partial charge is 0.421 e. The van der Waals surface area contributed by atoms with Crippen molar-refractivity contribution in [2.45, 2.75) is 43.9 Å². The van der Waals surface area contributed by atoms with Crippen LogP contribution in [0, 0.1) is 11.6 Å². The summed E-state index contributed by atoms with van der Waals surface area (Å²) in [6, 6.07) is 3.53. The summed E-state index contributed by atoms with van der Waals surface area (Å²) in [7, 11) is 4.01. The maximum atomic E-state index is 14.3. The molecule has 0 aliphatic heterocycles. The minimum atomic E-state index is -4.73. The van der Waals surface area contributed by atoms with Gasteiger partial charge in [-0.1, -0.05) is 6.07 Å². The number of hydrogen-bond donors (Lipinski definition) is 1. The summed E-state index contributed by atoms with van der Waals surface area (Å²) in [5.41, 5.74) is -2.25. The first kappa shape index (κ1) is 21.4. The Morgan fingerprint density at radius 3 is 2.26 bits per heavy atom. The molecule has 1 saturated carbocycles. The Hall–Kier alpha value is -2.82. The van der Waals surface area contributed by atoms with E-state index in [4.69, 9.17) is 0 Å². The van der Waals surface area contributed by atoms with Crippen molar-refractivity contribution in [3.05, 3.63) is 41.6 Å². The van der Waals surface area contributed by atoms with E-state index in [1.54, 1.807) is 0 Å². The molecule has 1 N–H and O–H groups in total. The van der Waals surface area contributed by atoms with E-state index in [1.807, 2.05) is 14.1 Å². The van der Waals surface area contributed by atoms with Crippen molar-refractivity contribution >= 4 is 11.6 Å². The van der Waals surface area contributed by atoms with Crippen molar-refractivity contribution in [1.82, 2.24) is 24.5 Å². The molecule has 11 heteroatoms. The molecule has 31 heavy (non-hydrogen) atoms. The van der Waals surface area contributed by atoms with Crippen molar-refractivity contribution in [3.8, 4) is 11.4 Å². The fourth-order valence-corrected chi connectivity index (χ4v) is 3.91. The minimum Gasteiger partial charge on any atom is -0.351 e. The van der Waals surface area contributed by atoms with E-state index in [0.717, 1.165) is 48.4 Å². The molecule has 0 bridgehead atoms. The fraction of sp³-hybridized carbons (Fsp3) is 0.450. The molecule has 0 saturated heterocycles. The summed E-state index contributed by atoms with van der Waals surface area (Å²) >= 11 is 0. The smallest absolute Gasteiger partial charge is 0.351 e. The molecule has 3 aromatic rings. The number of anilines is 1. The lowest BCUT2D eigenvalue weighted by molar-refractivity contribution is -0.136. The zero-order chi connectivity index (χ0) is 22.3. The first-order valence-electron chi connectivity index (χ1n) is 9.85. The third-order valence-electron chi connectivity index (χ3n) is 5.62. The van der Waals surface area contributed by atoms with Gasteiger partial charge in [-0.25, -0.2) is 13.8 Å². The van der Waals surface area contributed by atoms with Gasteiger partial charge in [0, 0.05) is 12.1 Å². The lowest BCUT2D eigenvalue weighted by atomic mass is 9.91. The Morgan fingerprint density at radius 2 is 1.68 bits per heavy atom. The van der Waals surface area contributed by atoms with E-state index in [-0.39, 0.29) is 12.0 Å². The highest BCUT2D eigenvalue weighted by molar-refractivity contribution is 5.63. The molecule has 4 rings (SSSR count). The molecular weight excluding hydrogens is 419 g/mol. The van der Waals surface area contributed by atoms with Crippen LogP contribution in [-0.4, -0.2) is 50.7 Å². The highest BCUT2D eigenvalue weighted by atomic mass is 19.4. The first-order chi connectivity index (χ1) is 14.6. The van der Waals surface area contributed by atoms with Crippen LogP contribution in [0.5, 0.6) is 0 Å². The first-order valence-corrected chi connectivity index (χ1v) is 9.85. The Kier molecular flexibility index (Phi) is 5.54. The number of aromatic nitrogens is 4. The third kappa shape index (κ3) is 4.18. The van der Waals surface area contributed by atoms with E-state index < -0.39 is 40.4 Å². The predicted octanol–water partition coefficient (Wildman–Crippen LogP) is 4.37. The van der Waals surface area contributed by atoms with Crippen molar-refractivity contribution < 1.29 is 22.0 Å². The molecule has 1 aliphatic rings. The molecule has 1 aliphatic carbocycles. The highest BCUT2D eigenvalue weighted by Gasteiger charge is 2.36. The van der Waals surface area contributed by atoms with Gasteiger partial charge in [-0.15, -0.1) is 0 Å². The molecule has 0 radical (unpaired) electrons. The van der Waals surface area contributed by atoms with Crippen LogP contribution in [0.3, 0.4) is 0 Å². The lowest BCUT2D eigenvalue weighted by Crippen LogP contribution is -2.36. The van der Waals surface area contributed by atoms with Crippen LogP contribution in [0.2, 0.25) is 0 Å². The van der Waals surface area contributed by atoms with Gasteiger partial charge in [-0.2, -0.15) is 27.8 Å². The maximum Gasteiger partial charge on any atom is 0.421 e. The van der Waals surface area contributed by atoms with Crippen LogP contribution >= 0.6 is 0 Å². The summed E-state index contributed by atoms with van der Waals surface area (Å²) < 4.78 is 70.0. The Bertz CT molecular complexity index is 1070. The molecule has 0 unspecified atom stereocenters. The minimum absolute atomic E-state index is 0.0357. The summed E-state index contributed by atoms with van der Waals surface area (Å²) in [5.74, 6) is -2.44. The predicted molar refractivity (Wildman–Crippen MR) is 104 cm³/mol. The summed E-state index contributed by atoms with van der Waals surface area (Å²) in [4.78, 5) is 10.1. The van der Waals surface area contributed by atoms with Crippen molar-refractivity contribution in [2.24, 2.45) is 0 Å². The number of rotatable bonds is 4. The topological polar surface area (TPSA) is 58.3 Å². The molecule has 2 aromatic heterocycles. The molecule has 0 atom stereocenters. The zero-order valence-corrected chi connectivity index (χ0v) is 16.9. The standard InChI is InChI=1S/C20H21F5N6/c1-30(2)12-8-6-11(7-9-12)27-19-29-17(16-14(21)4-3-5-15(16)22)28-18-13(20(23,24)25)10-26-31(18)19/h3-5,10-12H,6-9H2,1-2H3,(H,27,28,29). The third-order valence-corrected chi connectivity index (χ3v) is 5.62. The van der Waals surface area contributed by atoms with Gasteiger partial charge in [-0.3, -0.25) is 0 Å². The fourth-order valence-electron chi connectivity index (χ4n) is 3.91. The van der Waals surface area contributed by atoms with Gasteiger partial charge in [0.15, 0.2) is 11.5 Å². The van der Waals surface area contributed by atoms with Crippen LogP contribution < -0.4 is 5.32 Å². The van der Waals surface area contributed by atoms with Crippen molar-refractivity contribution in [3.63, 3.8) is 0 Å². The summed E-state index contributed by atoms with van der Waals surface area (Å²) in [6.07, 6.45) is -0.751. The second kappa shape index (κ2) is 8.03. The SMILES string of the molecule is CN(C)C1CCC(Nc2nc(-c3c(F)cccc3F)nc3c(C(F)(F)F)cnn23)CC1. The molecule has 166 valence electrons. The second-order valence-electron chi connectivity index (χ2n) is 7.87. The van der Waals surface area contributed by atoms with Crippen LogP contribution in [0.15, 0.2) is 24.4 Å². The lowest BCUT2D eigenvalue weighted by Gasteiger charge is -2.33. The molecule has 1 fully saturated rings. The van der Waals surface area contributed by atoms with Crippen LogP contribution in [0.1, 0.15) is 31.2 Å². The summed E-state index contributed by atoms with van der Waals surface area (Å²) in [5, 5.41) is 6.90. The van der Waals surface area contributed by atoms with Gasteiger partial charge in [0.1, 0.15) is 17.2 Å². The molecular formula is C20H21F5N6. The van der Waals surface area contributed by atoms with Crippen molar-refractivity contribution in [2.75, 3.05) is 19.4 Å². The number of benzene rings is 1. The van der Waals surface area contributed by atoms with Crippen LogP contribution in [0.25, 0.3) is 17.0 Å². The van der Waals surface area contributed by atoms with Gasteiger partial charge >= 0.3 is 6.18 Å². The average molecular weight is 440 g/mol. The van der Waals surface area contributed by atoms with E-state index in [0.29, 0.717) is 12.2 Å². The van der Waals surface area contributed by atoms with Gasteiger partial charge in [0.25, 0.3) is 0 Å². The Morgan fingerprint density at radius 1 is 1.03 bits per heavy atom. The van der Waals surface area contributed by atoms with E-state index in [9.17, 15) is 22.0 Å². The average Bonchev–Trinajstić information content (AvgIpc) is 3.13. The number of nitrogens with zero attached hydrogens (tertiary/aromatic N) is 5. The maximum absolute atomic E-state index is 14.3. The second-order valence-corrected chi connectivity index (χ2v) is 7.87. The Labute approximate surface area is 175 Å². The number of alkyl halides is 3. The quantitative estimate of drug-likeness (QED) is 0.611. The summed E-state index contributed by atoms with van der Waals surface area (Å²) in [6.45, 7) is 0. The van der Waals surface area contributed by atoms with Crippen LogP contribution in [0.4, 0.5) is 27.9 Å². The number of halogens is 5. The van der Waals surface area contributed by atoms with Gasteiger partial charge in [0.2, 0.25) is 5.95 Å². The molecule has 0 amide bonds. The van der Waals surface area contributed by atoms with Gasteiger partial charge in [-0.05, 0) is 51.9 Å². The molecule has 1 aromatic carbocycles. The van der Waals surface area contributed by atoms with E-state index in [2.05, 4.69) is 25.3 Å². The Balaban J connectivity index is 1.78. The number of fused-ring (bicyclic) bond motifs is 1.